The zero-order chi connectivity index (χ0) is 20.5. The molecule has 6 nitrogen and oxygen atoms in total. The summed E-state index contributed by atoms with van der Waals surface area (Å²) in [7, 11) is 0. The molecule has 0 aliphatic carbocycles. The van der Waals surface area contributed by atoms with E-state index in [4.69, 9.17) is 10.5 Å². The Morgan fingerprint density at radius 3 is 2.45 bits per heavy atom. The summed E-state index contributed by atoms with van der Waals surface area (Å²) in [5.74, 6) is -0.514. The van der Waals surface area contributed by atoms with Gasteiger partial charge in [0.25, 0.3) is 0 Å². The normalized spacial score (nSPS) is 12.4. The summed E-state index contributed by atoms with van der Waals surface area (Å²) >= 11 is 0. The summed E-state index contributed by atoms with van der Waals surface area (Å²) in [5.41, 5.74) is 9.23. The van der Waals surface area contributed by atoms with E-state index in [0.717, 1.165) is 6.42 Å². The molecule has 7 heteroatoms. The van der Waals surface area contributed by atoms with Gasteiger partial charge in [-0.1, -0.05) is 32.4 Å². The molecule has 0 aliphatic rings. The van der Waals surface area contributed by atoms with Gasteiger partial charge in [0, 0.05) is 5.69 Å². The van der Waals surface area contributed by atoms with Gasteiger partial charge in [0.05, 0.1) is 17.6 Å². The monoisotopic (exact) mass is 392 g/mol. The number of anilines is 1. The summed E-state index contributed by atoms with van der Waals surface area (Å²) in [6.07, 6.45) is 0.893. The molecule has 0 saturated heterocycles. The lowest BCUT2D eigenvalue weighted by Crippen LogP contribution is -2.13. The highest BCUT2D eigenvalue weighted by atomic mass is 19.1. The number of nitrogens with zero attached hydrogens (tertiary/aromatic N) is 3. The molecule has 4 rings (SSSR count). The number of esters is 1. The molecule has 148 valence electrons. The molecule has 2 aromatic carbocycles. The Kier molecular flexibility index (Phi) is 4.88. The molecule has 2 aromatic heterocycles. The van der Waals surface area contributed by atoms with E-state index in [9.17, 15) is 9.18 Å². The molecular formula is C22H21FN4O2. The van der Waals surface area contributed by atoms with Gasteiger partial charge in [0.15, 0.2) is 5.65 Å². The molecule has 1 atom stereocenters. The van der Waals surface area contributed by atoms with Crippen LogP contribution in [0.3, 0.4) is 0 Å². The lowest BCUT2D eigenvalue weighted by molar-refractivity contribution is 0.0450. The quantitative estimate of drug-likeness (QED) is 0.506. The van der Waals surface area contributed by atoms with Crippen LogP contribution < -0.4 is 5.73 Å². The number of carbonyl (C=O) groups is 1. The third kappa shape index (κ3) is 3.40. The molecule has 2 N–H and O–H groups in total. The molecule has 4 aromatic rings. The number of aromatic nitrogens is 3. The van der Waals surface area contributed by atoms with Crippen LogP contribution in [0.25, 0.3) is 27.9 Å². The fourth-order valence-corrected chi connectivity index (χ4v) is 3.12. The second kappa shape index (κ2) is 7.50. The van der Waals surface area contributed by atoms with E-state index < -0.39 is 5.97 Å². The molecule has 1 unspecified atom stereocenters. The minimum absolute atomic E-state index is 0.163. The van der Waals surface area contributed by atoms with E-state index in [1.807, 2.05) is 38.1 Å². The van der Waals surface area contributed by atoms with Gasteiger partial charge in [-0.05, 0) is 42.3 Å². The zero-order valence-electron chi connectivity index (χ0n) is 16.2. The van der Waals surface area contributed by atoms with Crippen molar-refractivity contribution in [2.45, 2.75) is 20.3 Å². The van der Waals surface area contributed by atoms with E-state index in [1.165, 1.54) is 12.1 Å². The van der Waals surface area contributed by atoms with Gasteiger partial charge in [0.1, 0.15) is 22.7 Å². The number of hydrogen-bond donors (Lipinski definition) is 1. The van der Waals surface area contributed by atoms with Crippen molar-refractivity contribution in [3.05, 3.63) is 59.9 Å². The Hall–Kier alpha value is -3.48. The van der Waals surface area contributed by atoms with Crippen LogP contribution in [0.5, 0.6) is 0 Å². The highest BCUT2D eigenvalue weighted by Crippen LogP contribution is 2.31. The van der Waals surface area contributed by atoms with Crippen molar-refractivity contribution in [1.82, 2.24) is 14.5 Å². The van der Waals surface area contributed by atoms with Crippen LogP contribution in [0.2, 0.25) is 0 Å². The van der Waals surface area contributed by atoms with Crippen LogP contribution >= 0.6 is 0 Å². The number of fused-ring (bicyclic) bond motifs is 2. The van der Waals surface area contributed by atoms with Crippen molar-refractivity contribution in [3.63, 3.8) is 0 Å². The first-order valence-corrected chi connectivity index (χ1v) is 9.49. The van der Waals surface area contributed by atoms with Gasteiger partial charge in [-0.3, -0.25) is 4.57 Å². The predicted octanol–water partition coefficient (Wildman–Crippen LogP) is 4.50. The largest absolute Gasteiger partial charge is 0.462 e. The second-order valence-electron chi connectivity index (χ2n) is 7.07. The average Bonchev–Trinajstić information content (AvgIpc) is 3.01. The first kappa shape index (κ1) is 18.9. The lowest BCUT2D eigenvalue weighted by atomic mass is 10.1. The Bertz CT molecular complexity index is 1200. The van der Waals surface area contributed by atoms with Gasteiger partial charge < -0.3 is 10.5 Å². The average molecular weight is 392 g/mol. The van der Waals surface area contributed by atoms with Gasteiger partial charge in [0.2, 0.25) is 0 Å². The molecule has 0 radical (unpaired) electrons. The second-order valence-corrected chi connectivity index (χ2v) is 7.07. The van der Waals surface area contributed by atoms with Crippen molar-refractivity contribution < 1.29 is 13.9 Å². The third-order valence-electron chi connectivity index (χ3n) is 4.98. The summed E-state index contributed by atoms with van der Waals surface area (Å²) in [4.78, 5) is 22.2. The van der Waals surface area contributed by atoms with Crippen molar-refractivity contribution in [2.75, 3.05) is 12.3 Å². The minimum atomic E-state index is -0.543. The van der Waals surface area contributed by atoms with Crippen LogP contribution in [0, 0.1) is 11.7 Å². The summed E-state index contributed by atoms with van der Waals surface area (Å²) in [6, 6.07) is 13.2. The molecule has 0 bridgehead atoms. The number of halogens is 1. The van der Waals surface area contributed by atoms with E-state index in [2.05, 4.69) is 9.97 Å². The van der Waals surface area contributed by atoms with Gasteiger partial charge in [-0.2, -0.15) is 0 Å². The fourth-order valence-electron chi connectivity index (χ4n) is 3.12. The zero-order valence-corrected chi connectivity index (χ0v) is 16.2. The number of carbonyl (C=O) groups excluding carboxylic acids is 1. The Balaban J connectivity index is 1.94. The molecule has 0 fully saturated rings. The van der Waals surface area contributed by atoms with E-state index in [1.54, 1.807) is 16.7 Å². The highest BCUT2D eigenvalue weighted by Gasteiger charge is 2.26. The summed E-state index contributed by atoms with van der Waals surface area (Å²) in [6.45, 7) is 4.33. The van der Waals surface area contributed by atoms with Gasteiger partial charge >= 0.3 is 5.97 Å². The van der Waals surface area contributed by atoms with E-state index in [-0.39, 0.29) is 23.1 Å². The minimum Gasteiger partial charge on any atom is -0.462 e. The number of rotatable bonds is 5. The smallest absolute Gasteiger partial charge is 0.344 e. The Morgan fingerprint density at radius 2 is 1.79 bits per heavy atom. The van der Waals surface area contributed by atoms with Gasteiger partial charge in [-0.15, -0.1) is 0 Å². The molecule has 29 heavy (non-hydrogen) atoms. The fraction of sp³-hybridized carbons (Fsp3) is 0.227. The first-order chi connectivity index (χ1) is 14.0. The molecular weight excluding hydrogens is 371 g/mol. The van der Waals surface area contributed by atoms with Crippen molar-refractivity contribution in [3.8, 4) is 5.69 Å². The van der Waals surface area contributed by atoms with E-state index >= 15 is 0 Å². The van der Waals surface area contributed by atoms with Crippen LogP contribution in [-0.2, 0) is 4.74 Å². The number of benzene rings is 2. The number of nitrogen functional groups attached to an aromatic ring is 1. The van der Waals surface area contributed by atoms with Crippen molar-refractivity contribution in [2.24, 2.45) is 5.92 Å². The van der Waals surface area contributed by atoms with Gasteiger partial charge in [-0.25, -0.2) is 19.2 Å². The van der Waals surface area contributed by atoms with E-state index in [0.29, 0.717) is 34.5 Å². The standard InChI is InChI=1S/C22H21FN4O2/c1-3-13(2)12-29-22(28)18-19-21(26-17-7-5-4-6-16(17)25-19)27(20(18)24)15-10-8-14(23)9-11-15/h4-11,13H,3,12,24H2,1-2H3. The summed E-state index contributed by atoms with van der Waals surface area (Å²) < 4.78 is 20.5. The number of para-hydroxylation sites is 2. The SMILES string of the molecule is CCC(C)COC(=O)c1c(N)n(-c2ccc(F)cc2)c2nc3ccccc3nc12. The molecule has 2 heterocycles. The molecule has 0 saturated carbocycles. The lowest BCUT2D eigenvalue weighted by Gasteiger charge is -2.10. The van der Waals surface area contributed by atoms with Crippen LogP contribution in [-0.4, -0.2) is 27.1 Å². The molecule has 0 amide bonds. The van der Waals surface area contributed by atoms with Crippen LogP contribution in [0.1, 0.15) is 30.6 Å². The van der Waals surface area contributed by atoms with Crippen molar-refractivity contribution in [1.29, 1.82) is 0 Å². The first-order valence-electron chi connectivity index (χ1n) is 9.49. The molecule has 0 spiro atoms. The number of ether oxygens (including phenoxy) is 1. The predicted molar refractivity (Wildman–Crippen MR) is 110 cm³/mol. The van der Waals surface area contributed by atoms with Crippen molar-refractivity contribution >= 4 is 34.0 Å². The maximum absolute atomic E-state index is 13.4. The van der Waals surface area contributed by atoms with Crippen LogP contribution in [0.15, 0.2) is 48.5 Å². The Labute approximate surface area is 167 Å². The summed E-state index contributed by atoms with van der Waals surface area (Å²) in [5, 5.41) is 0. The topological polar surface area (TPSA) is 83.0 Å². The third-order valence-corrected chi connectivity index (χ3v) is 4.98. The molecule has 0 aliphatic heterocycles. The maximum Gasteiger partial charge on any atom is 0.344 e. The van der Waals surface area contributed by atoms with Crippen LogP contribution in [0.4, 0.5) is 10.2 Å². The highest BCUT2D eigenvalue weighted by molar-refractivity contribution is 6.09. The maximum atomic E-state index is 13.4. The Morgan fingerprint density at radius 1 is 1.14 bits per heavy atom. The number of hydrogen-bond acceptors (Lipinski definition) is 5. The number of nitrogens with two attached hydrogens (primary N) is 1.